The second kappa shape index (κ2) is 12.5. The Kier molecular flexibility index (Phi) is 10.3. The molecule has 2 aromatic rings. The second-order valence-corrected chi connectivity index (χ2v) is 8.90. The fourth-order valence-corrected chi connectivity index (χ4v) is 4.76. The van der Waals surface area contributed by atoms with Gasteiger partial charge in [-0.15, -0.1) is 11.8 Å². The van der Waals surface area contributed by atoms with E-state index in [1.54, 1.807) is 35.2 Å². The minimum Gasteiger partial charge on any atom is -0.355 e. The van der Waals surface area contributed by atoms with Gasteiger partial charge in [0.05, 0.1) is 5.75 Å². The first-order valence-electron chi connectivity index (χ1n) is 9.69. The number of rotatable bonds is 10. The topological polar surface area (TPSA) is 49.4 Å². The van der Waals surface area contributed by atoms with Crippen LogP contribution >= 0.6 is 46.6 Å². The van der Waals surface area contributed by atoms with E-state index in [4.69, 9.17) is 34.8 Å². The molecule has 0 radical (unpaired) electrons. The molecule has 1 N–H and O–H groups in total. The van der Waals surface area contributed by atoms with Gasteiger partial charge in [-0.2, -0.15) is 0 Å². The van der Waals surface area contributed by atoms with Crippen LogP contribution in [0.2, 0.25) is 15.1 Å². The molecule has 0 saturated heterocycles. The summed E-state index contributed by atoms with van der Waals surface area (Å²) >= 11 is 19.8. The summed E-state index contributed by atoms with van der Waals surface area (Å²) in [5, 5.41) is 4.61. The Hall–Kier alpha value is -1.40. The third-order valence-corrected chi connectivity index (χ3v) is 6.44. The Morgan fingerprint density at radius 1 is 1.03 bits per heavy atom. The molecule has 0 heterocycles. The van der Waals surface area contributed by atoms with Crippen LogP contribution in [0.4, 0.5) is 0 Å². The van der Waals surface area contributed by atoms with Crippen LogP contribution in [0.5, 0.6) is 0 Å². The predicted molar refractivity (Wildman–Crippen MR) is 127 cm³/mol. The number of nitrogens with zero attached hydrogens (tertiary/aromatic N) is 1. The highest BCUT2D eigenvalue weighted by Crippen LogP contribution is 2.28. The fourth-order valence-electron chi connectivity index (χ4n) is 2.99. The molecule has 162 valence electrons. The van der Waals surface area contributed by atoms with Gasteiger partial charge in [0.15, 0.2) is 0 Å². The average Bonchev–Trinajstić information content (AvgIpc) is 2.71. The van der Waals surface area contributed by atoms with Crippen LogP contribution in [0.3, 0.4) is 0 Å². The summed E-state index contributed by atoms with van der Waals surface area (Å²) < 4.78 is 0. The molecular weight excluding hydrogens is 463 g/mol. The maximum absolute atomic E-state index is 13.1. The van der Waals surface area contributed by atoms with E-state index in [9.17, 15) is 9.59 Å². The van der Waals surface area contributed by atoms with Gasteiger partial charge in [-0.25, -0.2) is 0 Å². The molecule has 2 amide bonds. The SMILES string of the molecule is CCNC(=O)[C@@H](CC)N(Cc1ccc(Cl)cc1)C(=O)CSCc1c(Cl)cccc1Cl. The number of carbonyl (C=O) groups excluding carboxylic acids is 2. The van der Waals surface area contributed by atoms with E-state index in [0.717, 1.165) is 11.1 Å². The van der Waals surface area contributed by atoms with Crippen LogP contribution in [0.25, 0.3) is 0 Å². The largest absolute Gasteiger partial charge is 0.355 e. The van der Waals surface area contributed by atoms with E-state index in [0.29, 0.717) is 40.3 Å². The van der Waals surface area contributed by atoms with Crippen molar-refractivity contribution in [2.45, 2.75) is 38.6 Å². The van der Waals surface area contributed by atoms with Gasteiger partial charge in [-0.05, 0) is 48.7 Å². The average molecular weight is 488 g/mol. The van der Waals surface area contributed by atoms with Gasteiger partial charge in [0.25, 0.3) is 0 Å². The van der Waals surface area contributed by atoms with Crippen molar-refractivity contribution in [3.63, 3.8) is 0 Å². The van der Waals surface area contributed by atoms with Crippen molar-refractivity contribution in [2.75, 3.05) is 12.3 Å². The monoisotopic (exact) mass is 486 g/mol. The van der Waals surface area contributed by atoms with Crippen LogP contribution in [0.15, 0.2) is 42.5 Å². The number of likely N-dealkylation sites (N-methyl/N-ethyl adjacent to an activating group) is 1. The quantitative estimate of drug-likeness (QED) is 0.459. The Morgan fingerprint density at radius 2 is 1.67 bits per heavy atom. The molecule has 0 bridgehead atoms. The van der Waals surface area contributed by atoms with Gasteiger partial charge in [0.2, 0.25) is 11.8 Å². The van der Waals surface area contributed by atoms with Crippen molar-refractivity contribution < 1.29 is 9.59 Å². The summed E-state index contributed by atoms with van der Waals surface area (Å²) in [5.74, 6) is 0.458. The minimum atomic E-state index is -0.544. The molecule has 0 aliphatic rings. The molecule has 8 heteroatoms. The number of benzene rings is 2. The third-order valence-electron chi connectivity index (χ3n) is 4.54. The molecule has 0 aliphatic carbocycles. The number of hydrogen-bond acceptors (Lipinski definition) is 3. The third kappa shape index (κ3) is 7.09. The maximum Gasteiger partial charge on any atom is 0.242 e. The van der Waals surface area contributed by atoms with Crippen molar-refractivity contribution in [1.82, 2.24) is 10.2 Å². The van der Waals surface area contributed by atoms with Crippen molar-refractivity contribution in [3.8, 4) is 0 Å². The van der Waals surface area contributed by atoms with Gasteiger partial charge in [0.1, 0.15) is 6.04 Å². The summed E-state index contributed by atoms with van der Waals surface area (Å²) in [4.78, 5) is 27.3. The Balaban J connectivity index is 2.14. The van der Waals surface area contributed by atoms with Crippen LogP contribution in [0, 0.1) is 0 Å². The Labute approximate surface area is 197 Å². The fraction of sp³-hybridized carbons (Fsp3) is 0.364. The number of thioether (sulfide) groups is 1. The molecular formula is C22H25Cl3N2O2S. The summed E-state index contributed by atoms with van der Waals surface area (Å²) in [6.07, 6.45) is 0.520. The van der Waals surface area contributed by atoms with Crippen LogP contribution < -0.4 is 5.32 Å². The van der Waals surface area contributed by atoms with Crippen LogP contribution in [-0.4, -0.2) is 35.1 Å². The molecule has 2 aromatic carbocycles. The lowest BCUT2D eigenvalue weighted by atomic mass is 10.1. The highest BCUT2D eigenvalue weighted by Gasteiger charge is 2.28. The molecule has 0 fully saturated rings. The van der Waals surface area contributed by atoms with E-state index in [-0.39, 0.29) is 17.6 Å². The summed E-state index contributed by atoms with van der Waals surface area (Å²) in [7, 11) is 0. The van der Waals surface area contributed by atoms with E-state index in [1.807, 2.05) is 26.0 Å². The van der Waals surface area contributed by atoms with Gasteiger partial charge in [-0.1, -0.05) is 59.9 Å². The molecule has 0 saturated carbocycles. The summed E-state index contributed by atoms with van der Waals surface area (Å²) in [6.45, 7) is 4.61. The summed E-state index contributed by atoms with van der Waals surface area (Å²) in [6, 6.07) is 12.1. The number of halogens is 3. The van der Waals surface area contributed by atoms with Crippen molar-refractivity contribution in [3.05, 3.63) is 68.7 Å². The zero-order valence-corrected chi connectivity index (χ0v) is 20.0. The highest BCUT2D eigenvalue weighted by molar-refractivity contribution is 7.99. The Morgan fingerprint density at radius 3 is 2.23 bits per heavy atom. The molecule has 0 unspecified atom stereocenters. The van der Waals surface area contributed by atoms with Crippen LogP contribution in [-0.2, 0) is 21.9 Å². The van der Waals surface area contributed by atoms with Gasteiger partial charge >= 0.3 is 0 Å². The lowest BCUT2D eigenvalue weighted by Crippen LogP contribution is -2.49. The zero-order valence-electron chi connectivity index (χ0n) is 17.0. The van der Waals surface area contributed by atoms with Gasteiger partial charge in [-0.3, -0.25) is 9.59 Å². The molecule has 0 spiro atoms. The highest BCUT2D eigenvalue weighted by atomic mass is 35.5. The van der Waals surface area contributed by atoms with E-state index >= 15 is 0 Å². The standard InChI is InChI=1S/C22H25Cl3N2O2S/c1-3-20(22(29)26-4-2)27(12-15-8-10-16(23)11-9-15)21(28)14-30-13-17-18(24)6-5-7-19(17)25/h5-11,20H,3-4,12-14H2,1-2H3,(H,26,29)/t20-/m1/s1. The number of carbonyl (C=O) groups is 2. The van der Waals surface area contributed by atoms with Gasteiger partial charge < -0.3 is 10.2 Å². The molecule has 0 aromatic heterocycles. The van der Waals surface area contributed by atoms with Crippen LogP contribution in [0.1, 0.15) is 31.4 Å². The first-order valence-corrected chi connectivity index (χ1v) is 12.0. The summed E-state index contributed by atoms with van der Waals surface area (Å²) in [5.41, 5.74) is 1.72. The lowest BCUT2D eigenvalue weighted by molar-refractivity contribution is -0.139. The zero-order chi connectivity index (χ0) is 22.1. The second-order valence-electron chi connectivity index (χ2n) is 6.66. The van der Waals surface area contributed by atoms with Gasteiger partial charge in [0, 0.05) is 33.9 Å². The molecule has 1 atom stereocenters. The molecule has 30 heavy (non-hydrogen) atoms. The van der Waals surface area contributed by atoms with E-state index in [1.165, 1.54) is 11.8 Å². The Bertz CT molecular complexity index is 842. The molecule has 0 aliphatic heterocycles. The smallest absolute Gasteiger partial charge is 0.242 e. The molecule has 4 nitrogen and oxygen atoms in total. The van der Waals surface area contributed by atoms with E-state index in [2.05, 4.69) is 5.32 Å². The van der Waals surface area contributed by atoms with E-state index < -0.39 is 6.04 Å². The maximum atomic E-state index is 13.1. The van der Waals surface area contributed by atoms with Crippen molar-refractivity contribution >= 4 is 58.4 Å². The first-order chi connectivity index (χ1) is 14.4. The van der Waals surface area contributed by atoms with Crippen molar-refractivity contribution in [2.24, 2.45) is 0 Å². The minimum absolute atomic E-state index is 0.115. The predicted octanol–water partition coefficient (Wildman–Crippen LogP) is 5.82. The first kappa shape index (κ1) is 24.9. The van der Waals surface area contributed by atoms with Crippen molar-refractivity contribution in [1.29, 1.82) is 0 Å². The normalized spacial score (nSPS) is 11.8. The number of hydrogen-bond donors (Lipinski definition) is 1. The number of nitrogens with one attached hydrogen (secondary N) is 1. The molecule has 2 rings (SSSR count). The lowest BCUT2D eigenvalue weighted by Gasteiger charge is -2.30. The number of amides is 2.